The molecule has 0 radical (unpaired) electrons. The standard InChI is InChI=1S/C19H28O3/c1-18-7-5-12(20)9-11(18)10-15(21)17-13-3-4-16(22)19(13,2)8-6-14(17)18/h10,12-15,17,20-21H,3-9H2,1-2H3/t12?,13?,14-,15?,17?,18?,19?/m0/s1. The summed E-state index contributed by atoms with van der Waals surface area (Å²) in [6, 6.07) is 0. The predicted octanol–water partition coefficient (Wildman–Crippen LogP) is 2.85. The van der Waals surface area contributed by atoms with Crippen molar-refractivity contribution in [2.45, 2.75) is 71.0 Å². The lowest BCUT2D eigenvalue weighted by Gasteiger charge is -2.58. The summed E-state index contributed by atoms with van der Waals surface area (Å²) in [5.41, 5.74) is 1.20. The zero-order chi connectivity index (χ0) is 15.7. The molecule has 2 N–H and O–H groups in total. The number of carbonyl (C=O) groups excluding carboxylic acids is 1. The molecule has 0 heterocycles. The van der Waals surface area contributed by atoms with Crippen LogP contribution in [0.5, 0.6) is 0 Å². The first kappa shape index (κ1) is 14.9. The van der Waals surface area contributed by atoms with Gasteiger partial charge in [0.2, 0.25) is 0 Å². The molecule has 0 spiro atoms. The average molecular weight is 304 g/mol. The number of hydrogen-bond donors (Lipinski definition) is 2. The summed E-state index contributed by atoms with van der Waals surface area (Å²) in [4.78, 5) is 12.4. The predicted molar refractivity (Wildman–Crippen MR) is 84.1 cm³/mol. The van der Waals surface area contributed by atoms with E-state index in [1.54, 1.807) is 0 Å². The van der Waals surface area contributed by atoms with E-state index < -0.39 is 6.10 Å². The first-order chi connectivity index (χ1) is 10.4. The summed E-state index contributed by atoms with van der Waals surface area (Å²) in [6.45, 7) is 4.48. The second kappa shape index (κ2) is 4.67. The first-order valence-corrected chi connectivity index (χ1v) is 8.97. The van der Waals surface area contributed by atoms with Crippen LogP contribution in [0.3, 0.4) is 0 Å². The second-order valence-corrected chi connectivity index (χ2v) is 8.70. The fraction of sp³-hybridized carbons (Fsp3) is 0.842. The lowest BCUT2D eigenvalue weighted by atomic mass is 9.47. The number of carbonyl (C=O) groups is 1. The third-order valence-corrected chi connectivity index (χ3v) is 7.81. The lowest BCUT2D eigenvalue weighted by molar-refractivity contribution is -0.135. The Morgan fingerprint density at radius 2 is 1.73 bits per heavy atom. The second-order valence-electron chi connectivity index (χ2n) is 8.70. The molecule has 3 nitrogen and oxygen atoms in total. The Hall–Kier alpha value is -0.670. The van der Waals surface area contributed by atoms with Gasteiger partial charge in [0, 0.05) is 11.8 Å². The molecule has 7 atom stereocenters. The molecule has 4 aliphatic carbocycles. The Balaban J connectivity index is 1.75. The van der Waals surface area contributed by atoms with Gasteiger partial charge in [-0.05, 0) is 61.7 Å². The number of rotatable bonds is 0. The summed E-state index contributed by atoms with van der Waals surface area (Å²) in [6.07, 6.45) is 7.65. The number of aliphatic hydroxyl groups excluding tert-OH is 2. The van der Waals surface area contributed by atoms with Crippen LogP contribution in [0.2, 0.25) is 0 Å². The molecule has 0 aliphatic heterocycles. The van der Waals surface area contributed by atoms with E-state index in [1.165, 1.54) is 5.57 Å². The molecule has 3 fully saturated rings. The molecule has 0 amide bonds. The highest BCUT2D eigenvalue weighted by Crippen LogP contribution is 2.63. The molecule has 0 aromatic rings. The van der Waals surface area contributed by atoms with Crippen molar-refractivity contribution >= 4 is 5.78 Å². The van der Waals surface area contributed by atoms with Crippen LogP contribution in [0.15, 0.2) is 11.6 Å². The van der Waals surface area contributed by atoms with Gasteiger partial charge in [0.15, 0.2) is 0 Å². The van der Waals surface area contributed by atoms with Gasteiger partial charge in [-0.1, -0.05) is 25.5 Å². The minimum Gasteiger partial charge on any atom is -0.393 e. The molecular formula is C19H28O3. The Morgan fingerprint density at radius 1 is 1.05 bits per heavy atom. The van der Waals surface area contributed by atoms with Gasteiger partial charge in [0.1, 0.15) is 5.78 Å². The van der Waals surface area contributed by atoms with E-state index in [4.69, 9.17) is 0 Å². The zero-order valence-electron chi connectivity index (χ0n) is 13.7. The van der Waals surface area contributed by atoms with Gasteiger partial charge in [-0.25, -0.2) is 0 Å². The van der Waals surface area contributed by atoms with Crippen LogP contribution < -0.4 is 0 Å². The van der Waals surface area contributed by atoms with Crippen molar-refractivity contribution in [3.05, 3.63) is 11.6 Å². The summed E-state index contributed by atoms with van der Waals surface area (Å²) in [5.74, 6) is 1.46. The van der Waals surface area contributed by atoms with Crippen molar-refractivity contribution in [2.75, 3.05) is 0 Å². The van der Waals surface area contributed by atoms with E-state index in [1.807, 2.05) is 6.08 Å². The highest BCUT2D eigenvalue weighted by Gasteiger charge is 2.60. The maximum atomic E-state index is 12.4. The highest BCUT2D eigenvalue weighted by molar-refractivity contribution is 5.87. The van der Waals surface area contributed by atoms with Crippen molar-refractivity contribution in [3.63, 3.8) is 0 Å². The fourth-order valence-corrected chi connectivity index (χ4v) is 6.40. The summed E-state index contributed by atoms with van der Waals surface area (Å²) < 4.78 is 0. The molecule has 6 unspecified atom stereocenters. The van der Waals surface area contributed by atoms with Gasteiger partial charge in [0.25, 0.3) is 0 Å². The van der Waals surface area contributed by atoms with E-state index >= 15 is 0 Å². The SMILES string of the molecule is CC12CC[C@H]3C(C(O)C=C4CC(O)CCC43C)C1CCC2=O. The van der Waals surface area contributed by atoms with E-state index in [9.17, 15) is 15.0 Å². The molecule has 0 aromatic carbocycles. The van der Waals surface area contributed by atoms with Crippen LogP contribution in [0, 0.1) is 28.6 Å². The molecule has 122 valence electrons. The molecule has 0 saturated heterocycles. The molecule has 4 rings (SSSR count). The number of aliphatic hydroxyl groups is 2. The molecule has 0 aromatic heterocycles. The van der Waals surface area contributed by atoms with E-state index in [0.29, 0.717) is 24.0 Å². The number of hydrogen-bond acceptors (Lipinski definition) is 3. The van der Waals surface area contributed by atoms with Gasteiger partial charge in [-0.2, -0.15) is 0 Å². The van der Waals surface area contributed by atoms with Gasteiger partial charge < -0.3 is 10.2 Å². The minimum absolute atomic E-state index is 0.121. The van der Waals surface area contributed by atoms with Gasteiger partial charge in [0.05, 0.1) is 12.2 Å². The van der Waals surface area contributed by atoms with E-state index in [0.717, 1.165) is 38.5 Å². The molecule has 3 heteroatoms. The van der Waals surface area contributed by atoms with Crippen LogP contribution in [0.4, 0.5) is 0 Å². The smallest absolute Gasteiger partial charge is 0.139 e. The fourth-order valence-electron chi connectivity index (χ4n) is 6.40. The third kappa shape index (κ3) is 1.78. The van der Waals surface area contributed by atoms with Crippen LogP contribution in [-0.4, -0.2) is 28.2 Å². The van der Waals surface area contributed by atoms with Gasteiger partial charge in [-0.3, -0.25) is 4.79 Å². The molecule has 4 aliphatic rings. The van der Waals surface area contributed by atoms with E-state index in [2.05, 4.69) is 13.8 Å². The highest BCUT2D eigenvalue weighted by atomic mass is 16.3. The third-order valence-electron chi connectivity index (χ3n) is 7.81. The largest absolute Gasteiger partial charge is 0.393 e. The lowest BCUT2D eigenvalue weighted by Crippen LogP contribution is -2.54. The molecule has 3 saturated carbocycles. The van der Waals surface area contributed by atoms with Crippen molar-refractivity contribution in [1.29, 1.82) is 0 Å². The van der Waals surface area contributed by atoms with Crippen molar-refractivity contribution in [3.8, 4) is 0 Å². The molecular weight excluding hydrogens is 276 g/mol. The molecule has 22 heavy (non-hydrogen) atoms. The number of Topliss-reactive ketones (excluding diaryl/α,β-unsaturated/α-hetero) is 1. The van der Waals surface area contributed by atoms with Crippen molar-refractivity contribution in [2.24, 2.45) is 28.6 Å². The Morgan fingerprint density at radius 3 is 2.50 bits per heavy atom. The summed E-state index contributed by atoms with van der Waals surface area (Å²) in [7, 11) is 0. The van der Waals surface area contributed by atoms with Crippen LogP contribution >= 0.6 is 0 Å². The minimum atomic E-state index is -0.436. The average Bonchev–Trinajstić information content (AvgIpc) is 2.77. The maximum Gasteiger partial charge on any atom is 0.139 e. The van der Waals surface area contributed by atoms with Gasteiger partial charge >= 0.3 is 0 Å². The van der Waals surface area contributed by atoms with E-state index in [-0.39, 0.29) is 22.9 Å². The first-order valence-electron chi connectivity index (χ1n) is 8.97. The van der Waals surface area contributed by atoms with Crippen LogP contribution in [0.25, 0.3) is 0 Å². The maximum absolute atomic E-state index is 12.4. The van der Waals surface area contributed by atoms with Gasteiger partial charge in [-0.15, -0.1) is 0 Å². The molecule has 0 bridgehead atoms. The van der Waals surface area contributed by atoms with Crippen molar-refractivity contribution in [1.82, 2.24) is 0 Å². The summed E-state index contributed by atoms with van der Waals surface area (Å²) >= 11 is 0. The quantitative estimate of drug-likeness (QED) is 0.677. The number of fused-ring (bicyclic) bond motifs is 5. The Labute approximate surface area is 132 Å². The Kier molecular flexibility index (Phi) is 3.16. The topological polar surface area (TPSA) is 57.5 Å². The summed E-state index contributed by atoms with van der Waals surface area (Å²) in [5, 5.41) is 20.8. The normalized spacial score (nSPS) is 54.3. The monoisotopic (exact) mass is 304 g/mol. The van der Waals surface area contributed by atoms with Crippen molar-refractivity contribution < 1.29 is 15.0 Å². The van der Waals surface area contributed by atoms with Crippen LogP contribution in [-0.2, 0) is 4.79 Å². The van der Waals surface area contributed by atoms with Crippen LogP contribution in [0.1, 0.15) is 58.8 Å². The Bertz CT molecular complexity index is 539. The zero-order valence-corrected chi connectivity index (χ0v) is 13.7. The number of ketones is 1.